The number of hydrogen-bond acceptors (Lipinski definition) is 8. The van der Waals surface area contributed by atoms with E-state index in [2.05, 4.69) is 25.0 Å². The van der Waals surface area contributed by atoms with Crippen molar-refractivity contribution >= 4 is 39.9 Å². The van der Waals surface area contributed by atoms with Crippen LogP contribution >= 0.6 is 11.5 Å². The van der Waals surface area contributed by atoms with Gasteiger partial charge in [-0.1, -0.05) is 0 Å². The highest BCUT2D eigenvalue weighted by atomic mass is 32.1. The number of amides is 1. The molecule has 4 rings (SSSR count). The van der Waals surface area contributed by atoms with E-state index in [9.17, 15) is 32.3 Å². The third-order valence-corrected chi connectivity index (χ3v) is 7.02. The van der Waals surface area contributed by atoms with Crippen LogP contribution in [0.3, 0.4) is 0 Å². The minimum Gasteiger partial charge on any atom is -0.481 e. The van der Waals surface area contributed by atoms with Crippen LogP contribution in [-0.2, 0) is 10.2 Å². The summed E-state index contributed by atoms with van der Waals surface area (Å²) in [7, 11) is 0. The number of piperidine rings is 1. The fourth-order valence-electron chi connectivity index (χ4n) is 4.14. The summed E-state index contributed by atoms with van der Waals surface area (Å²) in [6, 6.07) is 2.97. The molecule has 0 radical (unpaired) electrons. The van der Waals surface area contributed by atoms with Crippen molar-refractivity contribution in [2.45, 2.75) is 31.6 Å². The lowest BCUT2D eigenvalue weighted by molar-refractivity contribution is -0.146. The molecule has 14 heteroatoms. The van der Waals surface area contributed by atoms with Crippen LogP contribution in [0.2, 0.25) is 0 Å². The van der Waals surface area contributed by atoms with Crippen molar-refractivity contribution in [2.75, 3.05) is 30.3 Å². The number of aromatic nitrogens is 3. The first-order valence-corrected chi connectivity index (χ1v) is 11.9. The minimum absolute atomic E-state index is 0.0585. The Kier molecular flexibility index (Phi) is 7.68. The summed E-state index contributed by atoms with van der Waals surface area (Å²) in [5.74, 6) is -3.65. The molecule has 196 valence electrons. The molecule has 37 heavy (non-hydrogen) atoms. The molecular weight excluding hydrogens is 516 g/mol. The number of halogens is 4. The van der Waals surface area contributed by atoms with Crippen LogP contribution in [0, 0.1) is 18.6 Å². The topological polar surface area (TPSA) is 120 Å². The molecule has 9 nitrogen and oxygen atoms in total. The van der Waals surface area contributed by atoms with Crippen LogP contribution in [0.4, 0.5) is 34.1 Å². The highest BCUT2D eigenvalue weighted by molar-refractivity contribution is 7.10. The summed E-state index contributed by atoms with van der Waals surface area (Å²) in [5, 5.41) is 15.7. The van der Waals surface area contributed by atoms with E-state index in [4.69, 9.17) is 0 Å². The summed E-state index contributed by atoms with van der Waals surface area (Å²) in [6.45, 7) is 1.57. The van der Waals surface area contributed by atoms with Crippen LogP contribution in [0.1, 0.15) is 34.6 Å². The maximum Gasteiger partial charge on any atom is 0.315 e. The smallest absolute Gasteiger partial charge is 0.315 e. The number of carbonyl (C=O) groups is 2. The molecule has 3 N–H and O–H groups in total. The average Bonchev–Trinajstić information content (AvgIpc) is 3.22. The number of carboxylic acid groups (broad SMARTS) is 1. The van der Waals surface area contributed by atoms with Crippen molar-refractivity contribution in [3.8, 4) is 0 Å². The number of benzene rings is 1. The number of nitrogens with one attached hydrogen (secondary N) is 2. The molecule has 0 bridgehead atoms. The summed E-state index contributed by atoms with van der Waals surface area (Å²) in [4.78, 5) is 35.0. The molecule has 2 aromatic heterocycles. The first kappa shape index (κ1) is 26.4. The molecule has 1 fully saturated rings. The van der Waals surface area contributed by atoms with Gasteiger partial charge in [0, 0.05) is 11.8 Å². The average molecular weight is 539 g/mol. The summed E-state index contributed by atoms with van der Waals surface area (Å²) >= 11 is 0.972. The van der Waals surface area contributed by atoms with Gasteiger partial charge in [-0.15, -0.1) is 0 Å². The van der Waals surface area contributed by atoms with Crippen molar-refractivity contribution < 1.29 is 32.3 Å². The van der Waals surface area contributed by atoms with Crippen LogP contribution in [0.15, 0.2) is 30.6 Å². The number of aryl methyl sites for hydroxylation is 1. The molecule has 1 aromatic carbocycles. The molecule has 3 heterocycles. The molecular formula is C23H22F4N6O3S. The zero-order chi connectivity index (χ0) is 26.7. The number of hydrogen-bond donors (Lipinski definition) is 3. The van der Waals surface area contributed by atoms with Crippen molar-refractivity contribution in [1.82, 2.24) is 19.2 Å². The first-order chi connectivity index (χ1) is 17.6. The molecule has 0 spiro atoms. The number of aliphatic carboxylic acids is 1. The van der Waals surface area contributed by atoms with Gasteiger partial charge in [-0.3, -0.25) is 19.5 Å². The molecule has 3 aromatic rings. The monoisotopic (exact) mass is 538 g/mol. The second-order valence-electron chi connectivity index (χ2n) is 8.55. The van der Waals surface area contributed by atoms with Gasteiger partial charge in [-0.2, -0.15) is 4.37 Å². The summed E-state index contributed by atoms with van der Waals surface area (Å²) < 4.78 is 56.2. The standard InChI is InChI=1S/C23H22F4N6O3S/c1-12-19(20(34)30-13-2-3-14(24)15(25)8-13)21(37-32-12)31-18-10-28-16(9-29-18)23(22(35)36)4-6-33(7-5-23)11-17(26)27/h2-3,8-10,17H,4-7,11H2,1H3,(H,29,31)(H,30,34)(H,35,36). The van der Waals surface area contributed by atoms with Crippen LogP contribution in [-0.4, -0.2) is 62.3 Å². The van der Waals surface area contributed by atoms with Crippen LogP contribution in [0.25, 0.3) is 0 Å². The number of alkyl halides is 2. The number of likely N-dealkylation sites (tertiary alicyclic amines) is 1. The Hall–Kier alpha value is -3.65. The normalized spacial score (nSPS) is 15.5. The van der Waals surface area contributed by atoms with Gasteiger partial charge in [0.25, 0.3) is 12.3 Å². The number of anilines is 3. The van der Waals surface area contributed by atoms with E-state index < -0.39 is 41.9 Å². The van der Waals surface area contributed by atoms with Crippen molar-refractivity contribution in [3.63, 3.8) is 0 Å². The van der Waals surface area contributed by atoms with E-state index in [1.165, 1.54) is 23.4 Å². The van der Waals surface area contributed by atoms with Gasteiger partial charge in [-0.25, -0.2) is 22.5 Å². The summed E-state index contributed by atoms with van der Waals surface area (Å²) in [5.41, 5.74) is -0.533. The van der Waals surface area contributed by atoms with E-state index in [-0.39, 0.29) is 48.7 Å². The fourth-order valence-corrected chi connectivity index (χ4v) is 4.94. The zero-order valence-corrected chi connectivity index (χ0v) is 20.3. The zero-order valence-electron chi connectivity index (χ0n) is 19.5. The van der Waals surface area contributed by atoms with Crippen molar-refractivity contribution in [2.24, 2.45) is 0 Å². The second kappa shape index (κ2) is 10.8. The van der Waals surface area contributed by atoms with Gasteiger partial charge in [-0.05, 0) is 56.5 Å². The number of nitrogens with zero attached hydrogens (tertiary/aromatic N) is 4. The Bertz CT molecular complexity index is 1300. The molecule has 0 unspecified atom stereocenters. The molecule has 1 saturated heterocycles. The van der Waals surface area contributed by atoms with E-state index in [0.29, 0.717) is 10.7 Å². The Morgan fingerprint density at radius 1 is 1.16 bits per heavy atom. The summed E-state index contributed by atoms with van der Waals surface area (Å²) in [6.07, 6.45) is 0.352. The van der Waals surface area contributed by atoms with Crippen molar-refractivity contribution in [1.29, 1.82) is 0 Å². The van der Waals surface area contributed by atoms with Crippen molar-refractivity contribution in [3.05, 3.63) is 59.2 Å². The Balaban J connectivity index is 1.49. The molecule has 0 aliphatic carbocycles. The van der Waals surface area contributed by atoms with E-state index in [1.54, 1.807) is 6.92 Å². The van der Waals surface area contributed by atoms with E-state index in [0.717, 1.165) is 23.7 Å². The predicted molar refractivity (Wildman–Crippen MR) is 127 cm³/mol. The van der Waals surface area contributed by atoms with E-state index in [1.807, 2.05) is 0 Å². The largest absolute Gasteiger partial charge is 0.481 e. The Labute approximate surface area is 212 Å². The molecule has 0 saturated carbocycles. The highest BCUT2D eigenvalue weighted by Crippen LogP contribution is 2.35. The number of carboxylic acids is 1. The quantitative estimate of drug-likeness (QED) is 0.365. The predicted octanol–water partition coefficient (Wildman–Crippen LogP) is 4.20. The lowest BCUT2D eigenvalue weighted by Gasteiger charge is -2.38. The fraction of sp³-hybridized carbons (Fsp3) is 0.348. The second-order valence-corrected chi connectivity index (χ2v) is 9.32. The SMILES string of the molecule is Cc1nsc(Nc2cnc(C3(C(=O)O)CCN(CC(F)F)CC3)cn2)c1C(=O)Nc1ccc(F)c(F)c1. The van der Waals surface area contributed by atoms with Crippen LogP contribution in [0.5, 0.6) is 0 Å². The Morgan fingerprint density at radius 2 is 1.89 bits per heavy atom. The van der Waals surface area contributed by atoms with Gasteiger partial charge < -0.3 is 15.7 Å². The number of rotatable bonds is 8. The maximum absolute atomic E-state index is 13.5. The molecule has 0 atom stereocenters. The molecule has 1 amide bonds. The van der Waals surface area contributed by atoms with E-state index >= 15 is 0 Å². The molecule has 1 aliphatic heterocycles. The van der Waals surface area contributed by atoms with Gasteiger partial charge in [0.1, 0.15) is 16.2 Å². The van der Waals surface area contributed by atoms with Gasteiger partial charge in [0.15, 0.2) is 11.6 Å². The van der Waals surface area contributed by atoms with Gasteiger partial charge in [0.05, 0.1) is 35.9 Å². The minimum atomic E-state index is -2.50. The first-order valence-electron chi connectivity index (χ1n) is 11.1. The molecule has 1 aliphatic rings. The highest BCUT2D eigenvalue weighted by Gasteiger charge is 2.45. The maximum atomic E-state index is 13.5. The van der Waals surface area contributed by atoms with Gasteiger partial charge >= 0.3 is 5.97 Å². The van der Waals surface area contributed by atoms with Crippen LogP contribution < -0.4 is 10.6 Å². The lowest BCUT2D eigenvalue weighted by atomic mass is 9.75. The number of carbonyl (C=O) groups excluding carboxylic acids is 1. The van der Waals surface area contributed by atoms with Gasteiger partial charge in [0.2, 0.25) is 0 Å². The third-order valence-electron chi connectivity index (χ3n) is 6.17. The Morgan fingerprint density at radius 3 is 2.49 bits per heavy atom. The third kappa shape index (κ3) is 5.69. The lowest BCUT2D eigenvalue weighted by Crippen LogP contribution is -2.48.